The summed E-state index contributed by atoms with van der Waals surface area (Å²) in [6, 6.07) is 5.04. The van der Waals surface area contributed by atoms with Crippen molar-refractivity contribution in [1.82, 2.24) is 9.80 Å². The van der Waals surface area contributed by atoms with Gasteiger partial charge in [-0.25, -0.2) is 4.79 Å². The maximum absolute atomic E-state index is 12.3. The molecular weight excluding hydrogens is 548 g/mol. The van der Waals surface area contributed by atoms with E-state index in [1.165, 1.54) is 4.90 Å². The Morgan fingerprint density at radius 3 is 2.37 bits per heavy atom. The molecule has 10 nitrogen and oxygen atoms in total. The van der Waals surface area contributed by atoms with E-state index in [0.29, 0.717) is 35.7 Å². The summed E-state index contributed by atoms with van der Waals surface area (Å²) in [5, 5.41) is 0. The lowest BCUT2D eigenvalue weighted by Crippen LogP contribution is -2.45. The van der Waals surface area contributed by atoms with Crippen molar-refractivity contribution in [2.45, 2.75) is 77.0 Å². The highest BCUT2D eigenvalue weighted by molar-refractivity contribution is 5.88. The van der Waals surface area contributed by atoms with E-state index in [1.807, 2.05) is 43.9 Å². The smallest absolute Gasteiger partial charge is 0.410 e. The molecule has 2 saturated heterocycles. The number of ether oxygens (including phenoxy) is 2. The van der Waals surface area contributed by atoms with Gasteiger partial charge in [0.2, 0.25) is 6.41 Å². The van der Waals surface area contributed by atoms with E-state index < -0.39 is 11.6 Å². The Morgan fingerprint density at radius 1 is 1.07 bits per heavy atom. The minimum Gasteiger partial charge on any atom is -0.444 e. The molecule has 2 amide bonds. The summed E-state index contributed by atoms with van der Waals surface area (Å²) in [6.45, 7) is 10.5. The fourth-order valence-electron chi connectivity index (χ4n) is 5.65. The Labute approximate surface area is 256 Å². The van der Waals surface area contributed by atoms with Crippen LogP contribution in [0.1, 0.15) is 64.9 Å². The number of hydrogen-bond donors (Lipinski definition) is 0. The molecule has 0 aromatic heterocycles. The Morgan fingerprint density at radius 2 is 1.77 bits per heavy atom. The molecule has 10 heteroatoms. The molecule has 2 heterocycles. The van der Waals surface area contributed by atoms with Crippen LogP contribution in [0, 0.1) is 17.8 Å². The number of carbonyl (C=O) groups is 4. The Hall–Kier alpha value is -3.42. The van der Waals surface area contributed by atoms with Crippen molar-refractivity contribution >= 4 is 36.5 Å². The second-order valence-electron chi connectivity index (χ2n) is 12.5. The molecule has 43 heavy (non-hydrogen) atoms. The van der Waals surface area contributed by atoms with Crippen LogP contribution in [0.25, 0.3) is 0 Å². The van der Waals surface area contributed by atoms with E-state index in [1.54, 1.807) is 19.0 Å². The summed E-state index contributed by atoms with van der Waals surface area (Å²) in [7, 11) is 3.43. The number of likely N-dealkylation sites (tertiary alicyclic amines) is 2. The van der Waals surface area contributed by atoms with E-state index in [4.69, 9.17) is 9.47 Å². The van der Waals surface area contributed by atoms with Crippen molar-refractivity contribution in [1.29, 1.82) is 0 Å². The fraction of sp³-hybridized carbons (Fsp3) is 0.636. The second-order valence-corrected chi connectivity index (χ2v) is 12.5. The van der Waals surface area contributed by atoms with E-state index in [9.17, 15) is 19.2 Å². The van der Waals surface area contributed by atoms with Gasteiger partial charge in [0.25, 0.3) is 0 Å². The molecule has 0 aliphatic carbocycles. The van der Waals surface area contributed by atoms with E-state index in [0.717, 1.165) is 71.0 Å². The molecule has 0 N–H and O–H groups in total. The number of para-hydroxylation sites is 1. The monoisotopic (exact) mass is 596 g/mol. The van der Waals surface area contributed by atoms with Crippen molar-refractivity contribution in [3.8, 4) is 11.8 Å². The van der Waals surface area contributed by atoms with Crippen LogP contribution < -0.4 is 9.80 Å². The van der Waals surface area contributed by atoms with Crippen LogP contribution in [-0.4, -0.2) is 106 Å². The number of rotatable bonds is 12. The summed E-state index contributed by atoms with van der Waals surface area (Å²) in [5.74, 6) is 6.85. The van der Waals surface area contributed by atoms with Crippen molar-refractivity contribution in [3.05, 3.63) is 23.8 Å². The van der Waals surface area contributed by atoms with Crippen LogP contribution in [0.15, 0.2) is 18.2 Å². The molecule has 236 valence electrons. The molecule has 3 rings (SSSR count). The zero-order chi connectivity index (χ0) is 31.4. The number of likely N-dealkylation sites (N-methyl/N-ethyl adjacent to an activating group) is 1. The van der Waals surface area contributed by atoms with Crippen molar-refractivity contribution in [3.63, 3.8) is 0 Å². The van der Waals surface area contributed by atoms with Gasteiger partial charge in [-0.2, -0.15) is 0 Å². The van der Waals surface area contributed by atoms with Crippen LogP contribution >= 0.6 is 0 Å². The van der Waals surface area contributed by atoms with Gasteiger partial charge in [0, 0.05) is 53.2 Å². The van der Waals surface area contributed by atoms with Gasteiger partial charge in [0.15, 0.2) is 0 Å². The molecular formula is C33H48N4O6. The highest BCUT2D eigenvalue weighted by atomic mass is 16.6. The Balaban J connectivity index is 1.48. The largest absolute Gasteiger partial charge is 0.444 e. The third-order valence-electron chi connectivity index (χ3n) is 8.07. The van der Waals surface area contributed by atoms with Gasteiger partial charge in [0.1, 0.15) is 24.8 Å². The summed E-state index contributed by atoms with van der Waals surface area (Å²) in [5.41, 5.74) is 1.49. The first kappa shape index (κ1) is 34.1. The van der Waals surface area contributed by atoms with Crippen LogP contribution in [0.4, 0.5) is 16.2 Å². The molecule has 1 unspecified atom stereocenters. The molecule has 0 spiro atoms. The van der Waals surface area contributed by atoms with Gasteiger partial charge in [0.05, 0.1) is 29.1 Å². The number of benzene rings is 1. The van der Waals surface area contributed by atoms with E-state index >= 15 is 0 Å². The fourth-order valence-corrected chi connectivity index (χ4v) is 5.65. The van der Waals surface area contributed by atoms with Gasteiger partial charge in [-0.1, -0.05) is 17.9 Å². The molecule has 2 fully saturated rings. The van der Waals surface area contributed by atoms with Gasteiger partial charge < -0.3 is 38.7 Å². The highest BCUT2D eigenvalue weighted by Crippen LogP contribution is 2.32. The average molecular weight is 597 g/mol. The highest BCUT2D eigenvalue weighted by Gasteiger charge is 2.29. The predicted octanol–water partition coefficient (Wildman–Crippen LogP) is 3.74. The molecule has 2 aliphatic heterocycles. The normalized spacial score (nSPS) is 17.4. The SMILES string of the molecule is CN(C=O)c1c(C#CCOC2CCN(CC3CCN(C(=O)OC(C)(C)C)CC3)CC2)cccc1N(C)C(C=O)CCC=O. The third kappa shape index (κ3) is 10.4. The Bertz CT molecular complexity index is 1140. The zero-order valence-electron chi connectivity index (χ0n) is 26.4. The standard InChI is InChI=1S/C33H48N4O6/c1-33(2,3)43-32(41)37-19-13-26(14-20-37)23-36-17-15-29(16-18-36)42-22-8-10-27-9-6-12-30(31(27)34(4)25-40)35(5)28(24-39)11-7-21-38/h6,9,12,21,24-26,28-29H,7,11,13-20,22-23H2,1-5H3. The van der Waals surface area contributed by atoms with Crippen LogP contribution in [0.5, 0.6) is 0 Å². The molecule has 1 atom stereocenters. The van der Waals surface area contributed by atoms with Crippen molar-refractivity contribution in [2.75, 3.05) is 63.2 Å². The number of aldehydes is 2. The maximum Gasteiger partial charge on any atom is 0.410 e. The molecule has 1 aromatic carbocycles. The minimum atomic E-state index is -0.494. The lowest BCUT2D eigenvalue weighted by molar-refractivity contribution is -0.110. The predicted molar refractivity (Wildman–Crippen MR) is 167 cm³/mol. The molecule has 1 aromatic rings. The van der Waals surface area contributed by atoms with Gasteiger partial charge in [-0.05, 0) is 70.9 Å². The number of amides is 2. The van der Waals surface area contributed by atoms with Crippen LogP contribution in [0.3, 0.4) is 0 Å². The minimum absolute atomic E-state index is 0.153. The van der Waals surface area contributed by atoms with E-state index in [2.05, 4.69) is 16.7 Å². The quantitative estimate of drug-likeness (QED) is 0.266. The number of nitrogens with zero attached hydrogens (tertiary/aromatic N) is 4. The Kier molecular flexibility index (Phi) is 13.0. The van der Waals surface area contributed by atoms with Gasteiger partial charge in [-0.3, -0.25) is 4.79 Å². The van der Waals surface area contributed by atoms with Crippen LogP contribution in [0.2, 0.25) is 0 Å². The number of hydrogen-bond acceptors (Lipinski definition) is 8. The summed E-state index contributed by atoms with van der Waals surface area (Å²) >= 11 is 0. The van der Waals surface area contributed by atoms with E-state index in [-0.39, 0.29) is 25.2 Å². The first-order chi connectivity index (χ1) is 20.6. The first-order valence-electron chi connectivity index (χ1n) is 15.3. The maximum atomic E-state index is 12.3. The number of carbonyl (C=O) groups excluding carboxylic acids is 4. The lowest BCUT2D eigenvalue weighted by Gasteiger charge is -2.37. The van der Waals surface area contributed by atoms with Gasteiger partial charge >= 0.3 is 6.09 Å². The number of piperidine rings is 2. The summed E-state index contributed by atoms with van der Waals surface area (Å²) in [4.78, 5) is 54.2. The molecule has 0 saturated carbocycles. The summed E-state index contributed by atoms with van der Waals surface area (Å²) in [6.07, 6.45) is 6.84. The van der Waals surface area contributed by atoms with Gasteiger partial charge in [-0.15, -0.1) is 0 Å². The molecule has 2 aliphatic rings. The van der Waals surface area contributed by atoms with Crippen molar-refractivity contribution < 1.29 is 28.7 Å². The molecule has 0 bridgehead atoms. The zero-order valence-corrected chi connectivity index (χ0v) is 26.4. The van der Waals surface area contributed by atoms with Crippen molar-refractivity contribution in [2.24, 2.45) is 5.92 Å². The summed E-state index contributed by atoms with van der Waals surface area (Å²) < 4.78 is 11.6. The molecule has 0 radical (unpaired) electrons. The topological polar surface area (TPSA) is 99.7 Å². The lowest BCUT2D eigenvalue weighted by atomic mass is 9.95. The number of anilines is 2. The average Bonchev–Trinajstić information content (AvgIpc) is 2.99. The first-order valence-corrected chi connectivity index (χ1v) is 15.3. The third-order valence-corrected chi connectivity index (χ3v) is 8.07. The van der Waals surface area contributed by atoms with Crippen LogP contribution in [-0.2, 0) is 23.9 Å². The second kappa shape index (κ2) is 16.4.